The van der Waals surface area contributed by atoms with Gasteiger partial charge in [-0.05, 0) is 40.2 Å². The number of methoxy groups -OCH3 is 1. The first-order chi connectivity index (χ1) is 12.1. The average molecular weight is 470 g/mol. The van der Waals surface area contributed by atoms with E-state index in [9.17, 15) is 4.79 Å². The number of nitrogens with one attached hydrogen (secondary N) is 1. The summed E-state index contributed by atoms with van der Waals surface area (Å²) in [6.07, 6.45) is 0.743. The Morgan fingerprint density at radius 2 is 2.08 bits per heavy atom. The number of amides is 1. The Kier molecular flexibility index (Phi) is 5.60. The van der Waals surface area contributed by atoms with Crippen molar-refractivity contribution in [3.63, 3.8) is 0 Å². The van der Waals surface area contributed by atoms with Crippen molar-refractivity contribution >= 4 is 44.0 Å². The van der Waals surface area contributed by atoms with Gasteiger partial charge < -0.3 is 14.2 Å². The van der Waals surface area contributed by atoms with Gasteiger partial charge >= 0.3 is 0 Å². The molecule has 0 saturated carbocycles. The van der Waals surface area contributed by atoms with Crippen molar-refractivity contribution in [1.29, 1.82) is 0 Å². The number of carbonyl (C=O) groups is 1. The van der Waals surface area contributed by atoms with Crippen LogP contribution in [0, 0.1) is 0 Å². The van der Waals surface area contributed by atoms with Crippen LogP contribution in [0.3, 0.4) is 0 Å². The number of halogens is 2. The summed E-state index contributed by atoms with van der Waals surface area (Å²) in [5, 5.41) is 3.98. The molecule has 1 N–H and O–H groups in total. The minimum absolute atomic E-state index is 0.129. The highest BCUT2D eigenvalue weighted by Gasteiger charge is 2.27. The van der Waals surface area contributed by atoms with Crippen molar-refractivity contribution in [3.8, 4) is 17.2 Å². The molecule has 25 heavy (non-hydrogen) atoms. The molecule has 0 spiro atoms. The highest BCUT2D eigenvalue weighted by molar-refractivity contribution is 9.11. The SMILES string of the molecule is COc1c(Br)cc(Br)cc1/C=N\NC(=O)[C@H]1COc2ccccc2O1. The van der Waals surface area contributed by atoms with E-state index in [-0.39, 0.29) is 6.61 Å². The molecular weight excluding hydrogens is 456 g/mol. The summed E-state index contributed by atoms with van der Waals surface area (Å²) in [4.78, 5) is 12.2. The number of carbonyl (C=O) groups excluding carboxylic acids is 1. The average Bonchev–Trinajstić information content (AvgIpc) is 2.61. The Bertz CT molecular complexity index is 826. The molecule has 8 heteroatoms. The molecule has 6 nitrogen and oxygen atoms in total. The Morgan fingerprint density at radius 1 is 1.32 bits per heavy atom. The molecule has 130 valence electrons. The summed E-state index contributed by atoms with van der Waals surface area (Å²) in [7, 11) is 1.56. The van der Waals surface area contributed by atoms with Crippen molar-refractivity contribution < 1.29 is 19.0 Å². The number of hydrazone groups is 1. The van der Waals surface area contributed by atoms with Gasteiger partial charge in [0.25, 0.3) is 5.91 Å². The van der Waals surface area contributed by atoms with Crippen molar-refractivity contribution in [2.45, 2.75) is 6.10 Å². The van der Waals surface area contributed by atoms with Crippen LogP contribution >= 0.6 is 31.9 Å². The zero-order chi connectivity index (χ0) is 17.8. The largest absolute Gasteiger partial charge is 0.495 e. The molecule has 1 aliphatic heterocycles. The van der Waals surface area contributed by atoms with Gasteiger partial charge in [0.15, 0.2) is 11.5 Å². The van der Waals surface area contributed by atoms with E-state index in [1.165, 1.54) is 6.21 Å². The van der Waals surface area contributed by atoms with E-state index >= 15 is 0 Å². The number of fused-ring (bicyclic) bond motifs is 1. The minimum atomic E-state index is -0.761. The molecule has 0 fully saturated rings. The van der Waals surface area contributed by atoms with Gasteiger partial charge in [0.2, 0.25) is 6.10 Å². The second-order valence-corrected chi connectivity index (χ2v) is 6.88. The number of para-hydroxylation sites is 2. The van der Waals surface area contributed by atoms with Crippen LogP contribution in [0.2, 0.25) is 0 Å². The summed E-state index contributed by atoms with van der Waals surface area (Å²) in [6.45, 7) is 0.129. The van der Waals surface area contributed by atoms with Crippen molar-refractivity contribution in [3.05, 3.63) is 50.9 Å². The highest BCUT2D eigenvalue weighted by Crippen LogP contribution is 2.32. The maximum Gasteiger partial charge on any atom is 0.284 e. The van der Waals surface area contributed by atoms with Crippen LogP contribution in [0.4, 0.5) is 0 Å². The van der Waals surface area contributed by atoms with Crippen molar-refractivity contribution in [2.75, 3.05) is 13.7 Å². The Labute approximate surface area is 161 Å². The Hall–Kier alpha value is -2.06. The molecule has 1 aliphatic rings. The molecule has 1 amide bonds. The van der Waals surface area contributed by atoms with Crippen LogP contribution in [0.1, 0.15) is 5.56 Å². The lowest BCUT2D eigenvalue weighted by Gasteiger charge is -2.24. The number of hydrogen-bond donors (Lipinski definition) is 1. The monoisotopic (exact) mass is 468 g/mol. The summed E-state index contributed by atoms with van der Waals surface area (Å²) in [5.41, 5.74) is 3.17. The van der Waals surface area contributed by atoms with Gasteiger partial charge in [-0.3, -0.25) is 4.79 Å². The molecule has 3 rings (SSSR count). The predicted octanol–water partition coefficient (Wildman–Crippen LogP) is 3.51. The molecule has 0 aromatic heterocycles. The van der Waals surface area contributed by atoms with Crippen LogP contribution < -0.4 is 19.6 Å². The third-order valence-electron chi connectivity index (χ3n) is 3.42. The lowest BCUT2D eigenvalue weighted by molar-refractivity contribution is -0.130. The van der Waals surface area contributed by atoms with E-state index in [0.717, 1.165) is 8.95 Å². The van der Waals surface area contributed by atoms with Gasteiger partial charge in [-0.1, -0.05) is 28.1 Å². The maximum atomic E-state index is 12.2. The lowest BCUT2D eigenvalue weighted by atomic mass is 10.2. The normalized spacial score (nSPS) is 15.9. The predicted molar refractivity (Wildman–Crippen MR) is 100 cm³/mol. The van der Waals surface area contributed by atoms with Gasteiger partial charge in [0.05, 0.1) is 17.8 Å². The summed E-state index contributed by atoms with van der Waals surface area (Å²) in [6, 6.07) is 10.9. The molecule has 2 aromatic rings. The van der Waals surface area contributed by atoms with Crippen LogP contribution in [0.25, 0.3) is 0 Å². The van der Waals surface area contributed by atoms with E-state index in [4.69, 9.17) is 14.2 Å². The van der Waals surface area contributed by atoms with Gasteiger partial charge in [0, 0.05) is 10.0 Å². The van der Waals surface area contributed by atoms with E-state index in [0.29, 0.717) is 22.8 Å². The first kappa shape index (κ1) is 17.8. The Morgan fingerprint density at radius 3 is 2.84 bits per heavy atom. The van der Waals surface area contributed by atoms with Crippen LogP contribution in [0.15, 0.2) is 50.4 Å². The topological polar surface area (TPSA) is 69.2 Å². The summed E-state index contributed by atoms with van der Waals surface area (Å²) >= 11 is 6.82. The molecule has 0 aliphatic carbocycles. The van der Waals surface area contributed by atoms with Gasteiger partial charge in [-0.25, -0.2) is 5.43 Å². The molecule has 0 bridgehead atoms. The second-order valence-electron chi connectivity index (χ2n) is 5.11. The third kappa shape index (κ3) is 4.13. The van der Waals surface area contributed by atoms with E-state index in [1.54, 1.807) is 19.2 Å². The standard InChI is InChI=1S/C17H14Br2N2O4/c1-23-16-10(6-11(18)7-12(16)19)8-20-21-17(22)15-9-24-13-4-2-3-5-14(13)25-15/h2-8,15H,9H2,1H3,(H,21,22)/b20-8-/t15-/m1/s1. The summed E-state index contributed by atoms with van der Waals surface area (Å²) < 4.78 is 18.1. The fourth-order valence-corrected chi connectivity index (χ4v) is 3.70. The molecule has 0 unspecified atom stereocenters. The first-order valence-electron chi connectivity index (χ1n) is 7.33. The quantitative estimate of drug-likeness (QED) is 0.549. The molecule has 0 saturated heterocycles. The molecule has 0 radical (unpaired) electrons. The first-order valence-corrected chi connectivity index (χ1v) is 8.91. The molecule has 1 heterocycles. The molecule has 2 aromatic carbocycles. The zero-order valence-electron chi connectivity index (χ0n) is 13.2. The van der Waals surface area contributed by atoms with Crippen molar-refractivity contribution in [2.24, 2.45) is 5.10 Å². The van der Waals surface area contributed by atoms with E-state index in [2.05, 4.69) is 42.4 Å². The van der Waals surface area contributed by atoms with Gasteiger partial charge in [-0.2, -0.15) is 5.10 Å². The van der Waals surface area contributed by atoms with Gasteiger partial charge in [0.1, 0.15) is 12.4 Å². The lowest BCUT2D eigenvalue weighted by Crippen LogP contribution is -2.42. The molecular formula is C17H14Br2N2O4. The van der Waals surface area contributed by atoms with E-state index in [1.807, 2.05) is 24.3 Å². The van der Waals surface area contributed by atoms with Crippen molar-refractivity contribution in [1.82, 2.24) is 5.43 Å². The number of nitrogens with zero attached hydrogens (tertiary/aromatic N) is 1. The van der Waals surface area contributed by atoms with Gasteiger partial charge in [-0.15, -0.1) is 0 Å². The third-order valence-corrected chi connectivity index (χ3v) is 4.47. The second kappa shape index (κ2) is 7.88. The van der Waals surface area contributed by atoms with Crippen LogP contribution in [0.5, 0.6) is 17.2 Å². The minimum Gasteiger partial charge on any atom is -0.495 e. The van der Waals surface area contributed by atoms with Crippen LogP contribution in [-0.2, 0) is 4.79 Å². The molecule has 1 atom stereocenters. The number of hydrogen-bond acceptors (Lipinski definition) is 5. The fraction of sp³-hybridized carbons (Fsp3) is 0.176. The van der Waals surface area contributed by atoms with E-state index < -0.39 is 12.0 Å². The Balaban J connectivity index is 1.66. The van der Waals surface area contributed by atoms with Crippen LogP contribution in [-0.4, -0.2) is 31.9 Å². The zero-order valence-corrected chi connectivity index (χ0v) is 16.3. The highest BCUT2D eigenvalue weighted by atomic mass is 79.9. The number of benzene rings is 2. The maximum absolute atomic E-state index is 12.2. The summed E-state index contributed by atoms with van der Waals surface area (Å²) in [5.74, 6) is 1.39. The number of ether oxygens (including phenoxy) is 3. The fourth-order valence-electron chi connectivity index (χ4n) is 2.28. The number of rotatable bonds is 4. The smallest absolute Gasteiger partial charge is 0.284 e.